The predicted molar refractivity (Wildman–Crippen MR) is 121 cm³/mol. The van der Waals surface area contributed by atoms with Crippen LogP contribution in [0.15, 0.2) is 10.6 Å². The van der Waals surface area contributed by atoms with Crippen molar-refractivity contribution in [1.82, 2.24) is 15.0 Å². The first-order valence-corrected chi connectivity index (χ1v) is 11.9. The van der Waals surface area contributed by atoms with Crippen LogP contribution < -0.4 is 4.74 Å². The molecule has 1 aromatic rings. The van der Waals surface area contributed by atoms with E-state index in [2.05, 4.69) is 12.1 Å². The number of likely N-dealkylation sites (tertiary alicyclic amines) is 2. The van der Waals surface area contributed by atoms with E-state index in [1.165, 1.54) is 0 Å². The molecule has 0 spiro atoms. The maximum atomic E-state index is 13.1. The van der Waals surface area contributed by atoms with E-state index in [0.717, 1.165) is 32.2 Å². The van der Waals surface area contributed by atoms with Crippen LogP contribution in [0, 0.1) is 11.8 Å². The fourth-order valence-electron chi connectivity index (χ4n) is 4.47. The molecule has 8 heteroatoms. The Morgan fingerprint density at radius 2 is 1.88 bits per heavy atom. The lowest BCUT2D eigenvalue weighted by atomic mass is 9.91. The highest BCUT2D eigenvalue weighted by molar-refractivity contribution is 5.84. The average molecular weight is 450 g/mol. The molecule has 3 heterocycles. The van der Waals surface area contributed by atoms with Gasteiger partial charge in [0.15, 0.2) is 5.76 Å². The van der Waals surface area contributed by atoms with E-state index in [1.807, 2.05) is 39.5 Å². The Bertz CT molecular complexity index is 777. The fraction of sp³-hybridized carbons (Fsp3) is 0.792. The van der Waals surface area contributed by atoms with Crippen molar-refractivity contribution >= 4 is 12.0 Å². The van der Waals surface area contributed by atoms with Crippen molar-refractivity contribution in [3.8, 4) is 5.88 Å². The van der Waals surface area contributed by atoms with Gasteiger partial charge >= 0.3 is 6.09 Å². The van der Waals surface area contributed by atoms with Gasteiger partial charge in [-0.3, -0.25) is 4.79 Å². The molecule has 3 rings (SSSR count). The third kappa shape index (κ3) is 6.17. The summed E-state index contributed by atoms with van der Waals surface area (Å²) in [5.74, 6) is 1.19. The van der Waals surface area contributed by atoms with Crippen molar-refractivity contribution in [2.75, 3.05) is 26.2 Å². The Hall–Kier alpha value is -2.25. The molecule has 8 nitrogen and oxygen atoms in total. The summed E-state index contributed by atoms with van der Waals surface area (Å²) in [6.45, 7) is 14.4. The van der Waals surface area contributed by atoms with E-state index < -0.39 is 5.60 Å². The zero-order valence-electron chi connectivity index (χ0n) is 20.4. The van der Waals surface area contributed by atoms with Gasteiger partial charge in [0, 0.05) is 31.7 Å². The Balaban J connectivity index is 1.51. The van der Waals surface area contributed by atoms with Gasteiger partial charge in [-0.2, -0.15) is 0 Å². The van der Waals surface area contributed by atoms with Gasteiger partial charge in [-0.25, -0.2) is 4.79 Å². The van der Waals surface area contributed by atoms with E-state index in [-0.39, 0.29) is 29.9 Å². The number of carbonyl (C=O) groups excluding carboxylic acids is 2. The normalized spacial score (nSPS) is 21.2. The highest BCUT2D eigenvalue weighted by Crippen LogP contribution is 2.32. The van der Waals surface area contributed by atoms with Gasteiger partial charge in [0.25, 0.3) is 5.88 Å². The van der Waals surface area contributed by atoms with E-state index >= 15 is 0 Å². The van der Waals surface area contributed by atoms with Crippen LogP contribution in [-0.2, 0) is 9.53 Å². The number of carbonyl (C=O) groups is 2. The van der Waals surface area contributed by atoms with Crippen molar-refractivity contribution in [3.05, 3.63) is 11.8 Å². The highest BCUT2D eigenvalue weighted by Gasteiger charge is 2.36. The van der Waals surface area contributed by atoms with E-state index in [9.17, 15) is 9.59 Å². The third-order valence-electron chi connectivity index (χ3n) is 6.32. The molecule has 32 heavy (non-hydrogen) atoms. The maximum Gasteiger partial charge on any atom is 0.410 e. The Morgan fingerprint density at radius 1 is 1.19 bits per heavy atom. The van der Waals surface area contributed by atoms with E-state index in [0.29, 0.717) is 37.3 Å². The summed E-state index contributed by atoms with van der Waals surface area (Å²) in [5, 5.41) is 4.06. The largest absolute Gasteiger partial charge is 0.475 e. The zero-order valence-corrected chi connectivity index (χ0v) is 20.4. The second-order valence-electron chi connectivity index (χ2n) is 10.5. The first kappa shape index (κ1) is 24.4. The minimum atomic E-state index is -0.482. The number of hydrogen-bond donors (Lipinski definition) is 0. The molecule has 0 saturated carbocycles. The predicted octanol–water partition coefficient (Wildman–Crippen LogP) is 4.45. The number of nitrogens with zero attached hydrogens (tertiary/aromatic N) is 3. The van der Waals surface area contributed by atoms with Crippen molar-refractivity contribution in [3.63, 3.8) is 0 Å². The summed E-state index contributed by atoms with van der Waals surface area (Å²) >= 11 is 0. The van der Waals surface area contributed by atoms with Crippen LogP contribution in [0.3, 0.4) is 0 Å². The molecular weight excluding hydrogens is 410 g/mol. The zero-order chi connectivity index (χ0) is 23.5. The van der Waals surface area contributed by atoms with Crippen LogP contribution in [0.25, 0.3) is 0 Å². The minimum Gasteiger partial charge on any atom is -0.475 e. The summed E-state index contributed by atoms with van der Waals surface area (Å²) < 4.78 is 16.9. The van der Waals surface area contributed by atoms with E-state index in [1.54, 1.807) is 11.0 Å². The maximum absolute atomic E-state index is 13.1. The summed E-state index contributed by atoms with van der Waals surface area (Å²) in [6.07, 6.45) is 3.55. The molecule has 2 atom stereocenters. The molecule has 2 aliphatic rings. The molecule has 0 aromatic carbocycles. The Morgan fingerprint density at radius 3 is 2.44 bits per heavy atom. The van der Waals surface area contributed by atoms with Gasteiger partial charge in [0.1, 0.15) is 11.5 Å². The first-order valence-electron chi connectivity index (χ1n) is 11.9. The molecule has 0 bridgehead atoms. The van der Waals surface area contributed by atoms with Crippen molar-refractivity contribution in [2.24, 2.45) is 11.8 Å². The van der Waals surface area contributed by atoms with Crippen LogP contribution in [0.2, 0.25) is 0 Å². The molecular formula is C24H39N3O5. The Kier molecular flexibility index (Phi) is 7.72. The standard InChI is InChI=1S/C24H39N3O5/c1-16(2)21(22(28)27-11-7-8-17(27)3)19-14-20(25-32-19)30-15-18-9-12-26(13-10-18)23(29)31-24(4,5)6/h14,16-18,21H,7-13,15H2,1-6H3. The quantitative estimate of drug-likeness (QED) is 0.638. The van der Waals surface area contributed by atoms with Crippen LogP contribution in [0.5, 0.6) is 5.88 Å². The molecule has 0 radical (unpaired) electrons. The average Bonchev–Trinajstić information content (AvgIpc) is 3.34. The second kappa shape index (κ2) is 10.1. The molecule has 2 amide bonds. The molecule has 0 aliphatic carbocycles. The third-order valence-corrected chi connectivity index (χ3v) is 6.32. The lowest BCUT2D eigenvalue weighted by molar-refractivity contribution is -0.134. The number of aromatic nitrogens is 1. The summed E-state index contributed by atoms with van der Waals surface area (Å²) in [5.41, 5.74) is -0.482. The smallest absolute Gasteiger partial charge is 0.410 e. The molecule has 2 aliphatic heterocycles. The molecule has 1 aromatic heterocycles. The summed E-state index contributed by atoms with van der Waals surface area (Å²) in [6, 6.07) is 2.04. The van der Waals surface area contributed by atoms with Crippen molar-refractivity contribution < 1.29 is 23.6 Å². The number of ether oxygens (including phenoxy) is 2. The molecule has 0 N–H and O–H groups in total. The van der Waals surface area contributed by atoms with Crippen molar-refractivity contribution in [2.45, 2.75) is 84.8 Å². The number of piperidine rings is 1. The highest BCUT2D eigenvalue weighted by atomic mass is 16.6. The van der Waals surface area contributed by atoms with Gasteiger partial charge in [0.05, 0.1) is 6.61 Å². The van der Waals surface area contributed by atoms with E-state index in [4.69, 9.17) is 14.0 Å². The van der Waals surface area contributed by atoms with Crippen LogP contribution >= 0.6 is 0 Å². The van der Waals surface area contributed by atoms with Gasteiger partial charge in [-0.15, -0.1) is 0 Å². The molecule has 2 fully saturated rings. The summed E-state index contributed by atoms with van der Waals surface area (Å²) in [7, 11) is 0. The SMILES string of the molecule is CC(C)C(C(=O)N1CCCC1C)c1cc(OCC2CCN(C(=O)OC(C)(C)C)CC2)no1. The van der Waals surface area contributed by atoms with Crippen LogP contribution in [0.4, 0.5) is 4.79 Å². The second-order valence-corrected chi connectivity index (χ2v) is 10.5. The molecule has 2 unspecified atom stereocenters. The Labute approximate surface area is 191 Å². The lowest BCUT2D eigenvalue weighted by Gasteiger charge is -2.33. The monoisotopic (exact) mass is 449 g/mol. The van der Waals surface area contributed by atoms with Gasteiger partial charge in [-0.05, 0) is 70.4 Å². The van der Waals surface area contributed by atoms with Gasteiger partial charge in [0.2, 0.25) is 5.91 Å². The molecule has 2 saturated heterocycles. The number of rotatable bonds is 6. The fourth-order valence-corrected chi connectivity index (χ4v) is 4.47. The van der Waals surface area contributed by atoms with Crippen LogP contribution in [0.1, 0.15) is 78.9 Å². The summed E-state index contributed by atoms with van der Waals surface area (Å²) in [4.78, 5) is 29.1. The number of amides is 2. The number of hydrogen-bond acceptors (Lipinski definition) is 6. The first-order chi connectivity index (χ1) is 15.0. The van der Waals surface area contributed by atoms with Gasteiger partial charge in [-0.1, -0.05) is 13.8 Å². The topological polar surface area (TPSA) is 85.1 Å². The minimum absolute atomic E-state index is 0.105. The lowest BCUT2D eigenvalue weighted by Crippen LogP contribution is -2.42. The van der Waals surface area contributed by atoms with Crippen molar-refractivity contribution in [1.29, 1.82) is 0 Å². The van der Waals surface area contributed by atoms with Crippen LogP contribution in [-0.4, -0.2) is 64.8 Å². The van der Waals surface area contributed by atoms with Gasteiger partial charge < -0.3 is 23.8 Å². The molecule has 180 valence electrons.